The molecule has 2 atom stereocenters. The molecule has 0 radical (unpaired) electrons. The summed E-state index contributed by atoms with van der Waals surface area (Å²) in [4.78, 5) is 85.8. The number of aromatic hydroxyl groups is 1. The number of thiazole rings is 1. The van der Waals surface area contributed by atoms with E-state index >= 15 is 0 Å². The van der Waals surface area contributed by atoms with E-state index < -0.39 is 87.2 Å². The first kappa shape index (κ1) is 36.2. The van der Waals surface area contributed by atoms with E-state index in [1.54, 1.807) is 0 Å². The molecule has 8 N–H and O–H groups in total. The van der Waals surface area contributed by atoms with Crippen LogP contribution in [0.2, 0.25) is 0 Å². The van der Waals surface area contributed by atoms with Crippen LogP contribution in [0.5, 0.6) is 5.75 Å². The van der Waals surface area contributed by atoms with Gasteiger partial charge in [0, 0.05) is 42.7 Å². The summed E-state index contributed by atoms with van der Waals surface area (Å²) in [5.41, 5.74) is 3.04. The summed E-state index contributed by atoms with van der Waals surface area (Å²) >= 11 is 0.936. The number of carbonyl (C=O) groups excluding carboxylic acids is 4. The molecule has 0 aliphatic carbocycles. The van der Waals surface area contributed by atoms with Crippen LogP contribution in [-0.4, -0.2) is 90.8 Å². The average molecular weight is 720 g/mol. The number of rotatable bonds is 14. The second kappa shape index (κ2) is 14.2. The summed E-state index contributed by atoms with van der Waals surface area (Å²) in [6.07, 6.45) is 0.293. The minimum Gasteiger partial charge on any atom is -0.503 e. The third-order valence-corrected chi connectivity index (χ3v) is 8.76. The molecule has 21 heteroatoms. The Hall–Kier alpha value is -5.67. The predicted octanol–water partition coefficient (Wildman–Crippen LogP) is -0.348. The highest BCUT2D eigenvalue weighted by Gasteiger charge is 2.54. The molecule has 1 aromatic carbocycles. The van der Waals surface area contributed by atoms with Gasteiger partial charge in [-0.1, -0.05) is 17.3 Å². The number of hydrogen-bond donors (Lipinski definition) is 7. The van der Waals surface area contributed by atoms with Crippen molar-refractivity contribution in [3.05, 3.63) is 74.6 Å². The van der Waals surface area contributed by atoms with Gasteiger partial charge in [-0.2, -0.15) is 8.42 Å². The molecule has 0 bridgehead atoms. The van der Waals surface area contributed by atoms with Crippen molar-refractivity contribution in [2.75, 3.05) is 12.3 Å². The lowest BCUT2D eigenvalue weighted by Gasteiger charge is -2.44. The Labute approximate surface area is 280 Å². The number of aromatic amines is 1. The van der Waals surface area contributed by atoms with Gasteiger partial charge in [-0.25, -0.2) is 14.1 Å². The number of carboxylic acids is 1. The van der Waals surface area contributed by atoms with E-state index in [4.69, 9.17) is 10.6 Å². The molecule has 49 heavy (non-hydrogen) atoms. The number of nitrogens with one attached hydrogen (secondary N) is 3. The summed E-state index contributed by atoms with van der Waals surface area (Å²) < 4.78 is 33.7. The molecule has 1 aliphatic heterocycles. The number of β-lactam (4-membered cyclic amide) rings is 1. The van der Waals surface area contributed by atoms with Gasteiger partial charge in [-0.3, -0.25) is 28.5 Å². The van der Waals surface area contributed by atoms with Crippen molar-refractivity contribution in [2.45, 2.75) is 38.5 Å². The SMILES string of the molecule is CC(C)(O/N=C(\C(=O)C[C@@H]1C(=O)N(S(=O)(=O)O)[C@@H]1CNC(=O)c1ccc(CNC(=O)c2cc(=O)c(O)c[nH]2)cc1)c1csc(N)n1)C(=O)O. The standard InChI is InChI=1S/C28H29N7O12S2/c1-28(2,26(42)43)47-34-22(17-12-48-27(29)33-17)20(37)7-15-18(35(25(15)41)49(44,45)46)10-32-23(39)14-5-3-13(4-6-14)9-31-24(40)16-8-19(36)21(38)11-30-16/h3-6,8,11-12,15,18,38H,7,9-10H2,1-2H3,(H2,29,33)(H,30,36)(H,31,40)(H,32,39)(H,42,43)(H,44,45,46)/b34-22-/t15-,18+/m0/s1. The first-order chi connectivity index (χ1) is 22.9. The van der Waals surface area contributed by atoms with Crippen LogP contribution in [0.4, 0.5) is 5.13 Å². The summed E-state index contributed by atoms with van der Waals surface area (Å²) in [5, 5.41) is 28.7. The minimum absolute atomic E-state index is 0.00445. The highest BCUT2D eigenvalue weighted by molar-refractivity contribution is 7.84. The van der Waals surface area contributed by atoms with E-state index in [0.29, 0.717) is 5.56 Å². The van der Waals surface area contributed by atoms with Crippen molar-refractivity contribution in [1.29, 1.82) is 0 Å². The van der Waals surface area contributed by atoms with Crippen LogP contribution < -0.4 is 21.8 Å². The second-order valence-electron chi connectivity index (χ2n) is 11.0. The summed E-state index contributed by atoms with van der Waals surface area (Å²) in [6.45, 7) is 1.83. The largest absolute Gasteiger partial charge is 0.503 e. The van der Waals surface area contributed by atoms with Crippen molar-refractivity contribution in [3.8, 4) is 5.75 Å². The number of carbonyl (C=O) groups is 5. The van der Waals surface area contributed by atoms with Gasteiger partial charge < -0.3 is 36.4 Å². The molecule has 4 rings (SSSR count). The fourth-order valence-electron chi connectivity index (χ4n) is 4.38. The number of ketones is 1. The quantitative estimate of drug-likeness (QED) is 0.0485. The second-order valence-corrected chi connectivity index (χ2v) is 13.2. The molecular formula is C28H29N7O12S2. The Morgan fingerprint density at radius 2 is 1.82 bits per heavy atom. The van der Waals surface area contributed by atoms with Crippen LogP contribution in [0, 0.1) is 5.92 Å². The van der Waals surface area contributed by atoms with Gasteiger partial charge in [0.2, 0.25) is 16.9 Å². The first-order valence-electron chi connectivity index (χ1n) is 14.0. The highest BCUT2D eigenvalue weighted by atomic mass is 32.2. The highest BCUT2D eigenvalue weighted by Crippen LogP contribution is 2.32. The number of nitrogen functional groups attached to an aromatic ring is 1. The fraction of sp³-hybridized carbons (Fsp3) is 0.286. The van der Waals surface area contributed by atoms with Gasteiger partial charge in [0.25, 0.3) is 11.8 Å². The molecule has 1 saturated heterocycles. The van der Waals surface area contributed by atoms with E-state index in [9.17, 15) is 52.0 Å². The third-order valence-electron chi connectivity index (χ3n) is 7.14. The first-order valence-corrected chi connectivity index (χ1v) is 16.3. The maximum absolute atomic E-state index is 13.3. The van der Waals surface area contributed by atoms with Crippen molar-refractivity contribution in [1.82, 2.24) is 24.9 Å². The van der Waals surface area contributed by atoms with Gasteiger partial charge in [-0.15, -0.1) is 11.3 Å². The number of amides is 3. The number of benzene rings is 1. The van der Waals surface area contributed by atoms with Crippen LogP contribution in [0.3, 0.4) is 0 Å². The Morgan fingerprint density at radius 3 is 2.39 bits per heavy atom. The molecule has 19 nitrogen and oxygen atoms in total. The van der Waals surface area contributed by atoms with E-state index in [-0.39, 0.29) is 32.9 Å². The monoisotopic (exact) mass is 719 g/mol. The van der Waals surface area contributed by atoms with E-state index in [1.807, 2.05) is 0 Å². The maximum atomic E-state index is 13.3. The zero-order chi connectivity index (χ0) is 36.3. The van der Waals surface area contributed by atoms with Crippen molar-refractivity contribution < 1.29 is 52.0 Å². The lowest BCUT2D eigenvalue weighted by atomic mass is 9.84. The molecule has 3 amide bonds. The Kier molecular flexibility index (Phi) is 10.5. The number of Topliss-reactive ketones (excluding diaryl/α,β-unsaturated/α-hetero) is 1. The molecule has 3 aromatic rings. The minimum atomic E-state index is -5.09. The normalized spacial score (nSPS) is 16.4. The van der Waals surface area contributed by atoms with Crippen LogP contribution in [0.25, 0.3) is 0 Å². The van der Waals surface area contributed by atoms with E-state index in [0.717, 1.165) is 23.6 Å². The lowest BCUT2D eigenvalue weighted by molar-refractivity contribution is -0.161. The number of carboxylic acid groups (broad SMARTS) is 1. The summed E-state index contributed by atoms with van der Waals surface area (Å²) in [5.74, 6) is -6.68. The molecule has 0 saturated carbocycles. The Balaban J connectivity index is 1.43. The molecule has 2 aromatic heterocycles. The molecule has 3 heterocycles. The van der Waals surface area contributed by atoms with E-state index in [2.05, 4.69) is 25.8 Å². The van der Waals surface area contributed by atoms with Gasteiger partial charge in [-0.05, 0) is 31.5 Å². The van der Waals surface area contributed by atoms with Crippen molar-refractivity contribution in [3.63, 3.8) is 0 Å². The molecule has 260 valence electrons. The third kappa shape index (κ3) is 8.44. The lowest BCUT2D eigenvalue weighted by Crippen LogP contribution is -2.66. The summed E-state index contributed by atoms with van der Waals surface area (Å²) in [6, 6.07) is 5.34. The van der Waals surface area contributed by atoms with Crippen molar-refractivity contribution >= 4 is 62.0 Å². The average Bonchev–Trinajstić information content (AvgIpc) is 3.46. The van der Waals surface area contributed by atoms with Crippen molar-refractivity contribution in [2.24, 2.45) is 11.1 Å². The maximum Gasteiger partial charge on any atom is 0.362 e. The van der Waals surface area contributed by atoms with Gasteiger partial charge in [0.15, 0.2) is 22.4 Å². The summed E-state index contributed by atoms with van der Waals surface area (Å²) in [7, 11) is -5.09. The zero-order valence-corrected chi connectivity index (χ0v) is 27.2. The number of hydrogen-bond acceptors (Lipinski definition) is 14. The Bertz CT molecular complexity index is 2010. The molecule has 1 fully saturated rings. The Morgan fingerprint density at radius 1 is 1.14 bits per heavy atom. The number of H-pyrrole nitrogens is 1. The van der Waals surface area contributed by atoms with Crippen LogP contribution >= 0.6 is 11.3 Å². The van der Waals surface area contributed by atoms with Gasteiger partial charge in [0.05, 0.1) is 12.0 Å². The van der Waals surface area contributed by atoms with Gasteiger partial charge >= 0.3 is 16.3 Å². The number of aromatic nitrogens is 2. The molecule has 0 spiro atoms. The van der Waals surface area contributed by atoms with E-state index in [1.165, 1.54) is 43.5 Å². The topological polar surface area (TPSA) is 301 Å². The van der Waals surface area contributed by atoms with Crippen LogP contribution in [-0.2, 0) is 36.1 Å². The number of aliphatic carboxylic acids is 1. The molecule has 1 aliphatic rings. The number of nitrogens with two attached hydrogens (primary N) is 1. The molecular weight excluding hydrogens is 690 g/mol. The number of nitrogens with zero attached hydrogens (tertiary/aromatic N) is 3. The number of anilines is 1. The predicted molar refractivity (Wildman–Crippen MR) is 170 cm³/mol. The smallest absolute Gasteiger partial charge is 0.362 e. The zero-order valence-electron chi connectivity index (χ0n) is 25.6. The number of pyridine rings is 1. The van der Waals surface area contributed by atoms with Gasteiger partial charge in [0.1, 0.15) is 11.4 Å². The van der Waals surface area contributed by atoms with Crippen LogP contribution in [0.1, 0.15) is 52.4 Å². The van der Waals surface area contributed by atoms with Crippen LogP contribution in [0.15, 0.2) is 51.9 Å². The molecule has 0 unspecified atom stereocenters. The fourth-order valence-corrected chi connectivity index (χ4v) is 5.86. The number of oxime groups is 1.